The molecular formula is C27H33N3O4. The number of ether oxygens (including phenoxy) is 1. The van der Waals surface area contributed by atoms with E-state index in [9.17, 15) is 14.4 Å². The Balaban J connectivity index is 1.20. The van der Waals surface area contributed by atoms with Gasteiger partial charge in [-0.05, 0) is 55.5 Å². The number of anilines is 1. The molecule has 7 heteroatoms. The zero-order chi connectivity index (χ0) is 23.9. The Kier molecular flexibility index (Phi) is 7.83. The molecule has 4 rings (SSSR count). The van der Waals surface area contributed by atoms with Crippen LogP contribution in [-0.2, 0) is 20.8 Å². The molecule has 1 atom stereocenters. The standard InChI is InChI=1S/C27H33N3O4/c1-34-24-11-9-23(10-12-24)30-19-22(18-25(30)31)27(33)29-16-13-21(14-17-29)26(32)28-15-5-8-20-6-3-2-4-7-20/h2-4,6-7,9-12,21-22H,5,8,13-19H2,1H3,(H,28,32)/t22-/m0/s1. The molecule has 0 spiro atoms. The number of carbonyl (C=O) groups is 3. The summed E-state index contributed by atoms with van der Waals surface area (Å²) in [6.45, 7) is 2.19. The van der Waals surface area contributed by atoms with Crippen molar-refractivity contribution in [1.29, 1.82) is 0 Å². The Morgan fingerprint density at radius 1 is 1.00 bits per heavy atom. The molecule has 3 amide bonds. The Morgan fingerprint density at radius 2 is 1.71 bits per heavy atom. The first-order valence-corrected chi connectivity index (χ1v) is 12.1. The minimum atomic E-state index is -0.335. The van der Waals surface area contributed by atoms with E-state index >= 15 is 0 Å². The number of aryl methyl sites for hydroxylation is 1. The molecule has 2 aliphatic heterocycles. The predicted molar refractivity (Wildman–Crippen MR) is 131 cm³/mol. The number of amides is 3. The summed E-state index contributed by atoms with van der Waals surface area (Å²) in [5.41, 5.74) is 2.06. The number of carbonyl (C=O) groups excluding carboxylic acids is 3. The van der Waals surface area contributed by atoms with Gasteiger partial charge in [0.15, 0.2) is 0 Å². The maximum absolute atomic E-state index is 13.1. The average Bonchev–Trinajstić information content (AvgIpc) is 3.28. The van der Waals surface area contributed by atoms with Crippen molar-refractivity contribution in [3.05, 3.63) is 60.2 Å². The molecule has 7 nitrogen and oxygen atoms in total. The summed E-state index contributed by atoms with van der Waals surface area (Å²) in [7, 11) is 1.60. The molecule has 2 fully saturated rings. The highest BCUT2D eigenvalue weighted by Gasteiger charge is 2.38. The van der Waals surface area contributed by atoms with E-state index in [0.29, 0.717) is 39.0 Å². The fourth-order valence-corrected chi connectivity index (χ4v) is 4.80. The predicted octanol–water partition coefficient (Wildman–Crippen LogP) is 3.04. The van der Waals surface area contributed by atoms with Gasteiger partial charge in [-0.3, -0.25) is 14.4 Å². The third-order valence-electron chi connectivity index (χ3n) is 6.82. The van der Waals surface area contributed by atoms with Crippen molar-refractivity contribution in [3.8, 4) is 5.75 Å². The lowest BCUT2D eigenvalue weighted by molar-refractivity contribution is -0.139. The minimum absolute atomic E-state index is 0.0195. The van der Waals surface area contributed by atoms with E-state index in [2.05, 4.69) is 17.4 Å². The van der Waals surface area contributed by atoms with Crippen LogP contribution in [0.15, 0.2) is 54.6 Å². The largest absolute Gasteiger partial charge is 0.497 e. The number of hydrogen-bond donors (Lipinski definition) is 1. The molecule has 2 heterocycles. The SMILES string of the molecule is COc1ccc(N2C[C@@H](C(=O)N3CCC(C(=O)NCCCc4ccccc4)CC3)CC2=O)cc1. The molecule has 2 aromatic rings. The third kappa shape index (κ3) is 5.76. The first-order chi connectivity index (χ1) is 16.5. The molecule has 0 bridgehead atoms. The van der Waals surface area contributed by atoms with Gasteiger partial charge in [0.25, 0.3) is 0 Å². The summed E-state index contributed by atoms with van der Waals surface area (Å²) in [4.78, 5) is 41.7. The van der Waals surface area contributed by atoms with Crippen molar-refractivity contribution in [2.75, 3.05) is 38.2 Å². The van der Waals surface area contributed by atoms with Gasteiger partial charge in [-0.25, -0.2) is 0 Å². The second kappa shape index (κ2) is 11.2. The lowest BCUT2D eigenvalue weighted by Crippen LogP contribution is -2.45. The Morgan fingerprint density at radius 3 is 2.38 bits per heavy atom. The van der Waals surface area contributed by atoms with Crippen LogP contribution < -0.4 is 15.0 Å². The molecule has 34 heavy (non-hydrogen) atoms. The number of likely N-dealkylation sites (tertiary alicyclic amines) is 1. The quantitative estimate of drug-likeness (QED) is 0.611. The van der Waals surface area contributed by atoms with E-state index in [1.807, 2.05) is 47.4 Å². The molecule has 2 aliphatic rings. The zero-order valence-corrected chi connectivity index (χ0v) is 19.7. The number of piperidine rings is 1. The second-order valence-electron chi connectivity index (χ2n) is 9.08. The average molecular weight is 464 g/mol. The number of methoxy groups -OCH3 is 1. The lowest BCUT2D eigenvalue weighted by atomic mass is 9.94. The van der Waals surface area contributed by atoms with Crippen LogP contribution >= 0.6 is 0 Å². The van der Waals surface area contributed by atoms with Crippen LogP contribution in [0.5, 0.6) is 5.75 Å². The number of nitrogens with zero attached hydrogens (tertiary/aromatic N) is 2. The highest BCUT2D eigenvalue weighted by Crippen LogP contribution is 2.29. The van der Waals surface area contributed by atoms with E-state index in [1.54, 1.807) is 12.0 Å². The van der Waals surface area contributed by atoms with Crippen molar-refractivity contribution in [3.63, 3.8) is 0 Å². The number of hydrogen-bond acceptors (Lipinski definition) is 4. The third-order valence-corrected chi connectivity index (χ3v) is 6.82. The van der Waals surface area contributed by atoms with Crippen LogP contribution in [0.2, 0.25) is 0 Å². The summed E-state index contributed by atoms with van der Waals surface area (Å²) < 4.78 is 5.18. The van der Waals surface area contributed by atoms with E-state index in [0.717, 1.165) is 24.3 Å². The molecule has 180 valence electrons. The number of nitrogens with one attached hydrogen (secondary N) is 1. The van der Waals surface area contributed by atoms with Crippen molar-refractivity contribution in [1.82, 2.24) is 10.2 Å². The van der Waals surface area contributed by atoms with Crippen LogP contribution in [0.1, 0.15) is 31.2 Å². The zero-order valence-electron chi connectivity index (χ0n) is 19.7. The van der Waals surface area contributed by atoms with Crippen LogP contribution in [0.4, 0.5) is 5.69 Å². The molecule has 0 saturated carbocycles. The van der Waals surface area contributed by atoms with Crippen LogP contribution in [0, 0.1) is 11.8 Å². The molecule has 1 N–H and O–H groups in total. The van der Waals surface area contributed by atoms with Gasteiger partial charge in [0, 0.05) is 44.2 Å². The summed E-state index contributed by atoms with van der Waals surface area (Å²) in [6, 6.07) is 17.6. The summed E-state index contributed by atoms with van der Waals surface area (Å²) in [5, 5.41) is 3.06. The molecule has 0 aliphatic carbocycles. The first kappa shape index (κ1) is 23.8. The Hall–Kier alpha value is -3.35. The minimum Gasteiger partial charge on any atom is -0.497 e. The van der Waals surface area contributed by atoms with Crippen molar-refractivity contribution >= 4 is 23.4 Å². The van der Waals surface area contributed by atoms with Crippen LogP contribution in [0.25, 0.3) is 0 Å². The summed E-state index contributed by atoms with van der Waals surface area (Å²) in [5.74, 6) is 0.409. The van der Waals surface area contributed by atoms with Gasteiger partial charge < -0.3 is 19.9 Å². The van der Waals surface area contributed by atoms with E-state index in [4.69, 9.17) is 4.74 Å². The molecular weight excluding hydrogens is 430 g/mol. The van der Waals surface area contributed by atoms with Gasteiger partial charge in [0.05, 0.1) is 13.0 Å². The van der Waals surface area contributed by atoms with Gasteiger partial charge in [-0.15, -0.1) is 0 Å². The highest BCUT2D eigenvalue weighted by atomic mass is 16.5. The molecule has 0 aromatic heterocycles. The molecule has 0 unspecified atom stereocenters. The Labute approximate surface area is 201 Å². The lowest BCUT2D eigenvalue weighted by Gasteiger charge is -2.33. The molecule has 2 saturated heterocycles. The Bertz CT molecular complexity index is 985. The topological polar surface area (TPSA) is 79.0 Å². The van der Waals surface area contributed by atoms with Gasteiger partial charge in [-0.1, -0.05) is 30.3 Å². The molecule has 2 aromatic carbocycles. The van der Waals surface area contributed by atoms with Crippen molar-refractivity contribution < 1.29 is 19.1 Å². The van der Waals surface area contributed by atoms with Gasteiger partial charge in [-0.2, -0.15) is 0 Å². The monoisotopic (exact) mass is 463 g/mol. The normalized spacial score (nSPS) is 18.7. The van der Waals surface area contributed by atoms with E-state index < -0.39 is 0 Å². The fraction of sp³-hybridized carbons (Fsp3) is 0.444. The van der Waals surface area contributed by atoms with Crippen LogP contribution in [-0.4, -0.2) is 55.9 Å². The maximum Gasteiger partial charge on any atom is 0.228 e. The summed E-state index contributed by atoms with van der Waals surface area (Å²) >= 11 is 0. The first-order valence-electron chi connectivity index (χ1n) is 12.1. The van der Waals surface area contributed by atoms with Crippen LogP contribution in [0.3, 0.4) is 0 Å². The highest BCUT2D eigenvalue weighted by molar-refractivity contribution is 6.00. The summed E-state index contributed by atoms with van der Waals surface area (Å²) in [6.07, 6.45) is 3.42. The number of benzene rings is 2. The smallest absolute Gasteiger partial charge is 0.228 e. The fourth-order valence-electron chi connectivity index (χ4n) is 4.80. The van der Waals surface area contributed by atoms with Gasteiger partial charge in [0.2, 0.25) is 17.7 Å². The van der Waals surface area contributed by atoms with E-state index in [1.165, 1.54) is 5.56 Å². The second-order valence-corrected chi connectivity index (χ2v) is 9.08. The van der Waals surface area contributed by atoms with Crippen molar-refractivity contribution in [2.24, 2.45) is 11.8 Å². The molecule has 0 radical (unpaired) electrons. The van der Waals surface area contributed by atoms with Gasteiger partial charge in [0.1, 0.15) is 5.75 Å². The number of rotatable bonds is 8. The van der Waals surface area contributed by atoms with Crippen molar-refractivity contribution in [2.45, 2.75) is 32.1 Å². The van der Waals surface area contributed by atoms with Gasteiger partial charge >= 0.3 is 0 Å². The maximum atomic E-state index is 13.1. The van der Waals surface area contributed by atoms with E-state index in [-0.39, 0.29) is 36.0 Å².